The van der Waals surface area contributed by atoms with Crippen molar-refractivity contribution < 1.29 is 9.84 Å². The molecule has 2 atom stereocenters. The largest absolute Gasteiger partial charge is 0.494 e. The molecule has 1 aromatic rings. The molecule has 0 aliphatic heterocycles. The highest BCUT2D eigenvalue weighted by atomic mass is 16.5. The number of ether oxygens (including phenoxy) is 1. The highest BCUT2D eigenvalue weighted by Crippen LogP contribution is 2.18. The summed E-state index contributed by atoms with van der Waals surface area (Å²) in [6, 6.07) is 8.46. The summed E-state index contributed by atoms with van der Waals surface area (Å²) in [6.45, 7) is 7.07. The van der Waals surface area contributed by atoms with E-state index >= 15 is 0 Å². The first-order valence-corrected chi connectivity index (χ1v) is 6.27. The summed E-state index contributed by atoms with van der Waals surface area (Å²) in [6.07, 6.45) is 1.02. The lowest BCUT2D eigenvalue weighted by Crippen LogP contribution is -2.31. The van der Waals surface area contributed by atoms with E-state index in [9.17, 15) is 0 Å². The second kappa shape index (κ2) is 7.30. The lowest BCUT2D eigenvalue weighted by Gasteiger charge is -2.18. The molecule has 0 saturated heterocycles. The maximum Gasteiger partial charge on any atom is 0.119 e. The molecule has 0 aliphatic carbocycles. The van der Waals surface area contributed by atoms with Gasteiger partial charge in [0.05, 0.1) is 13.2 Å². The van der Waals surface area contributed by atoms with Gasteiger partial charge in [-0.3, -0.25) is 0 Å². The van der Waals surface area contributed by atoms with Crippen LogP contribution in [-0.2, 0) is 0 Å². The molecular formula is C14H23NO2. The average molecular weight is 237 g/mol. The number of benzene rings is 1. The van der Waals surface area contributed by atoms with Crippen LogP contribution in [0.3, 0.4) is 0 Å². The summed E-state index contributed by atoms with van der Waals surface area (Å²) in [4.78, 5) is 0. The van der Waals surface area contributed by atoms with Crippen molar-refractivity contribution in [3.8, 4) is 5.75 Å². The number of hydrogen-bond donors (Lipinski definition) is 2. The molecule has 0 spiro atoms. The molecule has 1 rings (SSSR count). The van der Waals surface area contributed by atoms with E-state index in [-0.39, 0.29) is 18.7 Å². The Bertz CT molecular complexity index is 311. The van der Waals surface area contributed by atoms with E-state index in [1.165, 1.54) is 5.56 Å². The van der Waals surface area contributed by atoms with Gasteiger partial charge in [0.25, 0.3) is 0 Å². The molecule has 2 N–H and O–H groups in total. The Morgan fingerprint density at radius 1 is 1.24 bits per heavy atom. The molecule has 0 bridgehead atoms. The van der Waals surface area contributed by atoms with Gasteiger partial charge in [0, 0.05) is 12.1 Å². The number of aliphatic hydroxyl groups excluding tert-OH is 1. The Kier molecular flexibility index (Phi) is 6.01. The van der Waals surface area contributed by atoms with Crippen LogP contribution >= 0.6 is 0 Å². The van der Waals surface area contributed by atoms with Gasteiger partial charge in [0.2, 0.25) is 0 Å². The van der Waals surface area contributed by atoms with Crippen LogP contribution in [0.4, 0.5) is 0 Å². The first kappa shape index (κ1) is 14.0. The van der Waals surface area contributed by atoms with Crippen LogP contribution in [0.1, 0.15) is 38.8 Å². The fraction of sp³-hybridized carbons (Fsp3) is 0.571. The smallest absolute Gasteiger partial charge is 0.119 e. The SMILES string of the molecule is CCCOc1ccc(C(C)NC(C)CO)cc1. The molecule has 0 saturated carbocycles. The molecule has 17 heavy (non-hydrogen) atoms. The van der Waals surface area contributed by atoms with Gasteiger partial charge in [0.1, 0.15) is 5.75 Å². The molecule has 1 aromatic carbocycles. The van der Waals surface area contributed by atoms with E-state index in [2.05, 4.69) is 31.3 Å². The summed E-state index contributed by atoms with van der Waals surface area (Å²) in [5, 5.41) is 12.3. The molecule has 96 valence electrons. The minimum Gasteiger partial charge on any atom is -0.494 e. The van der Waals surface area contributed by atoms with Gasteiger partial charge in [0.15, 0.2) is 0 Å². The van der Waals surface area contributed by atoms with Crippen LogP contribution in [0.5, 0.6) is 5.75 Å². The van der Waals surface area contributed by atoms with E-state index in [1.54, 1.807) is 0 Å². The number of nitrogens with one attached hydrogen (secondary N) is 1. The topological polar surface area (TPSA) is 41.5 Å². The lowest BCUT2D eigenvalue weighted by atomic mass is 10.1. The van der Waals surface area contributed by atoms with Crippen molar-refractivity contribution in [1.29, 1.82) is 0 Å². The van der Waals surface area contributed by atoms with Crippen LogP contribution in [0.2, 0.25) is 0 Å². The van der Waals surface area contributed by atoms with Gasteiger partial charge in [-0.1, -0.05) is 19.1 Å². The standard InChI is InChI=1S/C14H23NO2/c1-4-9-17-14-7-5-13(6-8-14)12(3)15-11(2)10-16/h5-8,11-12,15-16H,4,9-10H2,1-3H3. The molecule has 0 amide bonds. The molecule has 3 nitrogen and oxygen atoms in total. The molecule has 0 fully saturated rings. The third-order valence-electron chi connectivity index (χ3n) is 2.66. The van der Waals surface area contributed by atoms with E-state index in [0.29, 0.717) is 0 Å². The van der Waals surface area contributed by atoms with Crippen LogP contribution in [0.25, 0.3) is 0 Å². The van der Waals surface area contributed by atoms with Crippen molar-refractivity contribution in [2.45, 2.75) is 39.3 Å². The molecule has 0 aromatic heterocycles. The van der Waals surface area contributed by atoms with Gasteiger partial charge >= 0.3 is 0 Å². The summed E-state index contributed by atoms with van der Waals surface area (Å²) in [5.74, 6) is 0.915. The molecule has 0 radical (unpaired) electrons. The zero-order valence-corrected chi connectivity index (χ0v) is 10.9. The first-order chi connectivity index (χ1) is 8.17. The summed E-state index contributed by atoms with van der Waals surface area (Å²) >= 11 is 0. The first-order valence-electron chi connectivity index (χ1n) is 6.27. The highest BCUT2D eigenvalue weighted by molar-refractivity contribution is 5.28. The Labute approximate surface area is 104 Å². The Balaban J connectivity index is 2.54. The normalized spacial score (nSPS) is 14.4. The number of aliphatic hydroxyl groups is 1. The van der Waals surface area contributed by atoms with E-state index in [1.807, 2.05) is 19.1 Å². The molecular weight excluding hydrogens is 214 g/mol. The van der Waals surface area contributed by atoms with Gasteiger partial charge in [-0.15, -0.1) is 0 Å². The average Bonchev–Trinajstić information content (AvgIpc) is 2.36. The van der Waals surface area contributed by atoms with Crippen molar-refractivity contribution in [1.82, 2.24) is 5.32 Å². The minimum absolute atomic E-state index is 0.112. The van der Waals surface area contributed by atoms with Crippen molar-refractivity contribution in [3.63, 3.8) is 0 Å². The van der Waals surface area contributed by atoms with Crippen LogP contribution in [0.15, 0.2) is 24.3 Å². The fourth-order valence-corrected chi connectivity index (χ4v) is 1.65. The minimum atomic E-state index is 0.112. The number of hydrogen-bond acceptors (Lipinski definition) is 3. The Morgan fingerprint density at radius 2 is 1.88 bits per heavy atom. The van der Waals surface area contributed by atoms with Gasteiger partial charge < -0.3 is 15.2 Å². The van der Waals surface area contributed by atoms with Crippen molar-refractivity contribution in [2.75, 3.05) is 13.2 Å². The highest BCUT2D eigenvalue weighted by Gasteiger charge is 2.08. The van der Waals surface area contributed by atoms with Crippen molar-refractivity contribution >= 4 is 0 Å². The van der Waals surface area contributed by atoms with Crippen LogP contribution in [0, 0.1) is 0 Å². The van der Waals surface area contributed by atoms with Gasteiger partial charge in [-0.25, -0.2) is 0 Å². The third-order valence-corrected chi connectivity index (χ3v) is 2.66. The predicted molar refractivity (Wildman–Crippen MR) is 70.3 cm³/mol. The van der Waals surface area contributed by atoms with Gasteiger partial charge in [-0.2, -0.15) is 0 Å². The van der Waals surface area contributed by atoms with E-state index in [0.717, 1.165) is 18.8 Å². The quantitative estimate of drug-likeness (QED) is 0.765. The summed E-state index contributed by atoms with van der Waals surface area (Å²) in [7, 11) is 0. The summed E-state index contributed by atoms with van der Waals surface area (Å²) < 4.78 is 5.53. The van der Waals surface area contributed by atoms with Crippen LogP contribution < -0.4 is 10.1 Å². The van der Waals surface area contributed by atoms with Crippen LogP contribution in [-0.4, -0.2) is 24.4 Å². The Morgan fingerprint density at radius 3 is 2.41 bits per heavy atom. The monoisotopic (exact) mass is 237 g/mol. The molecule has 0 heterocycles. The number of rotatable bonds is 7. The molecule has 2 unspecified atom stereocenters. The van der Waals surface area contributed by atoms with Crippen molar-refractivity contribution in [3.05, 3.63) is 29.8 Å². The summed E-state index contributed by atoms with van der Waals surface area (Å²) in [5.41, 5.74) is 1.20. The van der Waals surface area contributed by atoms with E-state index in [4.69, 9.17) is 9.84 Å². The maximum absolute atomic E-state index is 8.99. The van der Waals surface area contributed by atoms with Crippen molar-refractivity contribution in [2.24, 2.45) is 0 Å². The fourth-order valence-electron chi connectivity index (χ4n) is 1.65. The second-order valence-electron chi connectivity index (χ2n) is 4.39. The van der Waals surface area contributed by atoms with E-state index < -0.39 is 0 Å². The molecule has 0 aliphatic rings. The zero-order chi connectivity index (χ0) is 12.7. The predicted octanol–water partition coefficient (Wildman–Crippen LogP) is 2.51. The third kappa shape index (κ3) is 4.75. The zero-order valence-electron chi connectivity index (χ0n) is 10.9. The van der Waals surface area contributed by atoms with Gasteiger partial charge in [-0.05, 0) is 38.0 Å². The molecule has 3 heteroatoms. The lowest BCUT2D eigenvalue weighted by molar-refractivity contribution is 0.243. The maximum atomic E-state index is 8.99. The Hall–Kier alpha value is -1.06. The second-order valence-corrected chi connectivity index (χ2v) is 4.39.